The minimum Gasteiger partial charge on any atom is -0.481 e. The first-order valence-corrected chi connectivity index (χ1v) is 7.75. The maximum Gasteiger partial charge on any atom is 0.303 e. The molecular weight excluding hydrogens is 302 g/mol. The Morgan fingerprint density at radius 1 is 1.09 bits per heavy atom. The first kappa shape index (κ1) is 23.3. The Kier molecular flexibility index (Phi) is 13.9. The second kappa shape index (κ2) is 13.7. The number of Topliss-reactive ketones (excluding diaryl/α,β-unsaturated/α-hetero) is 1. The van der Waals surface area contributed by atoms with Crippen molar-refractivity contribution >= 4 is 23.6 Å². The number of nitrogens with one attached hydrogen (secondary N) is 1. The Morgan fingerprint density at radius 3 is 1.96 bits per heavy atom. The van der Waals surface area contributed by atoms with E-state index in [1.54, 1.807) is 6.92 Å². The summed E-state index contributed by atoms with van der Waals surface area (Å²) in [6.07, 6.45) is 1.03. The number of rotatable bonds is 9. The summed E-state index contributed by atoms with van der Waals surface area (Å²) in [6.45, 7) is 9.06. The molecular formula is C16H29NO6. The van der Waals surface area contributed by atoms with Crippen molar-refractivity contribution in [3.05, 3.63) is 0 Å². The quantitative estimate of drug-likeness (QED) is 0.625. The van der Waals surface area contributed by atoms with E-state index in [1.807, 2.05) is 13.8 Å². The zero-order valence-corrected chi connectivity index (χ0v) is 14.7. The molecule has 0 aliphatic heterocycles. The van der Waals surface area contributed by atoms with Gasteiger partial charge in [0, 0.05) is 19.8 Å². The van der Waals surface area contributed by atoms with E-state index in [4.69, 9.17) is 5.11 Å². The Bertz CT molecular complexity index is 392. The standard InChI is InChI=1S/C12H21NO4.C4H8O2/c1-8(2)7-10(9(3)14)13-11(15)5-4-6-12(16)17;1-3-6-4(2)5/h8,10H,4-7H2,1-3H3,(H,13,15)(H,16,17);3H2,1-2H3/t10-;/m0./s1. The maximum atomic E-state index is 11.5. The summed E-state index contributed by atoms with van der Waals surface area (Å²) in [5, 5.41) is 11.1. The summed E-state index contributed by atoms with van der Waals surface area (Å²) in [4.78, 5) is 42.8. The monoisotopic (exact) mass is 331 g/mol. The van der Waals surface area contributed by atoms with Crippen molar-refractivity contribution in [2.24, 2.45) is 5.92 Å². The van der Waals surface area contributed by atoms with Crippen LogP contribution in [0.1, 0.15) is 60.3 Å². The molecule has 1 atom stereocenters. The van der Waals surface area contributed by atoms with E-state index in [9.17, 15) is 19.2 Å². The van der Waals surface area contributed by atoms with Crippen molar-refractivity contribution in [1.82, 2.24) is 5.32 Å². The summed E-state index contributed by atoms with van der Waals surface area (Å²) in [7, 11) is 0. The van der Waals surface area contributed by atoms with Crippen molar-refractivity contribution in [3.63, 3.8) is 0 Å². The molecule has 0 saturated heterocycles. The number of aliphatic carboxylic acids is 1. The van der Waals surface area contributed by atoms with Crippen LogP contribution >= 0.6 is 0 Å². The molecule has 7 nitrogen and oxygen atoms in total. The second-order valence-electron chi connectivity index (χ2n) is 5.53. The summed E-state index contributed by atoms with van der Waals surface area (Å²) >= 11 is 0. The van der Waals surface area contributed by atoms with Crippen molar-refractivity contribution in [3.8, 4) is 0 Å². The molecule has 0 aromatic rings. The third-order valence-corrected chi connectivity index (χ3v) is 2.68. The highest BCUT2D eigenvalue weighted by atomic mass is 16.5. The number of hydrogen-bond acceptors (Lipinski definition) is 5. The predicted molar refractivity (Wildman–Crippen MR) is 85.9 cm³/mol. The molecule has 0 aromatic carbocycles. The van der Waals surface area contributed by atoms with Gasteiger partial charge in [0.1, 0.15) is 0 Å². The molecule has 0 radical (unpaired) electrons. The lowest BCUT2D eigenvalue weighted by Crippen LogP contribution is -2.40. The normalized spacial score (nSPS) is 11.0. The molecule has 1 amide bonds. The third kappa shape index (κ3) is 18.0. The molecule has 0 aliphatic carbocycles. The van der Waals surface area contributed by atoms with Gasteiger partial charge in [-0.25, -0.2) is 0 Å². The SMILES string of the molecule is CC(=O)[C@H](CC(C)C)NC(=O)CCCC(=O)O.CCOC(C)=O. The van der Waals surface area contributed by atoms with Gasteiger partial charge in [0.25, 0.3) is 0 Å². The smallest absolute Gasteiger partial charge is 0.303 e. The van der Waals surface area contributed by atoms with Crippen LogP contribution in [0.4, 0.5) is 0 Å². The topological polar surface area (TPSA) is 110 Å². The lowest BCUT2D eigenvalue weighted by molar-refractivity contribution is -0.140. The van der Waals surface area contributed by atoms with E-state index < -0.39 is 12.0 Å². The molecule has 7 heteroatoms. The fourth-order valence-corrected chi connectivity index (χ4v) is 1.67. The van der Waals surface area contributed by atoms with Crippen LogP contribution in [0.15, 0.2) is 0 Å². The second-order valence-corrected chi connectivity index (χ2v) is 5.53. The van der Waals surface area contributed by atoms with Crippen molar-refractivity contribution in [2.45, 2.75) is 66.3 Å². The van der Waals surface area contributed by atoms with E-state index in [1.165, 1.54) is 13.8 Å². The number of esters is 1. The average Bonchev–Trinajstić information content (AvgIpc) is 2.37. The predicted octanol–water partition coefficient (Wildman–Crippen LogP) is 1.93. The molecule has 134 valence electrons. The van der Waals surface area contributed by atoms with Gasteiger partial charge >= 0.3 is 11.9 Å². The third-order valence-electron chi connectivity index (χ3n) is 2.68. The van der Waals surface area contributed by atoms with Gasteiger partial charge in [0.05, 0.1) is 12.6 Å². The van der Waals surface area contributed by atoms with E-state index in [0.717, 1.165) is 0 Å². The van der Waals surface area contributed by atoms with Gasteiger partial charge in [-0.2, -0.15) is 0 Å². The number of carboxylic acids is 1. The fourth-order valence-electron chi connectivity index (χ4n) is 1.67. The van der Waals surface area contributed by atoms with Crippen LogP contribution in [-0.4, -0.2) is 41.4 Å². The van der Waals surface area contributed by atoms with E-state index in [2.05, 4.69) is 10.1 Å². The number of carboxylic acid groups (broad SMARTS) is 1. The van der Waals surface area contributed by atoms with Crippen molar-refractivity contribution in [1.29, 1.82) is 0 Å². The lowest BCUT2D eigenvalue weighted by Gasteiger charge is -2.17. The average molecular weight is 331 g/mol. The van der Waals surface area contributed by atoms with Crippen LogP contribution in [0.25, 0.3) is 0 Å². The van der Waals surface area contributed by atoms with Crippen molar-refractivity contribution in [2.75, 3.05) is 6.61 Å². The van der Waals surface area contributed by atoms with Crippen LogP contribution in [0.2, 0.25) is 0 Å². The maximum absolute atomic E-state index is 11.5. The van der Waals surface area contributed by atoms with Crippen LogP contribution in [0.5, 0.6) is 0 Å². The highest BCUT2D eigenvalue weighted by Crippen LogP contribution is 2.06. The Hall–Kier alpha value is -1.92. The highest BCUT2D eigenvalue weighted by Gasteiger charge is 2.18. The molecule has 0 rings (SSSR count). The van der Waals surface area contributed by atoms with E-state index >= 15 is 0 Å². The molecule has 0 aliphatic rings. The summed E-state index contributed by atoms with van der Waals surface area (Å²) in [5.41, 5.74) is 0. The molecule has 0 bridgehead atoms. The van der Waals surface area contributed by atoms with E-state index in [0.29, 0.717) is 25.4 Å². The van der Waals surface area contributed by atoms with Crippen LogP contribution in [-0.2, 0) is 23.9 Å². The molecule has 0 fully saturated rings. The number of carbonyl (C=O) groups excluding carboxylic acids is 3. The molecule has 0 aromatic heterocycles. The minimum absolute atomic E-state index is 0.0255. The molecule has 23 heavy (non-hydrogen) atoms. The number of hydrogen-bond donors (Lipinski definition) is 2. The fraction of sp³-hybridized carbons (Fsp3) is 0.750. The Balaban J connectivity index is 0. The molecule has 0 saturated carbocycles. The van der Waals surface area contributed by atoms with Gasteiger partial charge in [0.2, 0.25) is 5.91 Å². The van der Waals surface area contributed by atoms with Crippen LogP contribution in [0.3, 0.4) is 0 Å². The first-order valence-electron chi connectivity index (χ1n) is 7.75. The minimum atomic E-state index is -0.914. The number of carbonyl (C=O) groups is 4. The molecule has 0 spiro atoms. The lowest BCUT2D eigenvalue weighted by atomic mass is 10.0. The van der Waals surface area contributed by atoms with Crippen LogP contribution < -0.4 is 5.32 Å². The summed E-state index contributed by atoms with van der Waals surface area (Å²) in [5.74, 6) is -1.12. The van der Waals surface area contributed by atoms with Crippen molar-refractivity contribution < 1.29 is 29.0 Å². The zero-order chi connectivity index (χ0) is 18.4. The highest BCUT2D eigenvalue weighted by molar-refractivity contribution is 5.87. The molecule has 0 heterocycles. The van der Waals surface area contributed by atoms with E-state index in [-0.39, 0.29) is 30.5 Å². The first-order chi connectivity index (χ1) is 10.6. The summed E-state index contributed by atoms with van der Waals surface area (Å²) < 4.78 is 4.40. The zero-order valence-electron chi connectivity index (χ0n) is 14.7. The number of ether oxygens (including phenoxy) is 1. The van der Waals surface area contributed by atoms with Gasteiger partial charge in [-0.1, -0.05) is 13.8 Å². The number of ketones is 1. The van der Waals surface area contributed by atoms with Gasteiger partial charge < -0.3 is 15.2 Å². The molecule has 0 unspecified atom stereocenters. The number of amides is 1. The van der Waals surface area contributed by atoms with Gasteiger partial charge in [-0.3, -0.25) is 19.2 Å². The molecule has 2 N–H and O–H groups in total. The largest absolute Gasteiger partial charge is 0.481 e. The van der Waals surface area contributed by atoms with Crippen LogP contribution in [0, 0.1) is 5.92 Å². The Morgan fingerprint density at radius 2 is 1.65 bits per heavy atom. The summed E-state index contributed by atoms with van der Waals surface area (Å²) in [6, 6.07) is -0.452. The van der Waals surface area contributed by atoms with Gasteiger partial charge in [-0.15, -0.1) is 0 Å². The van der Waals surface area contributed by atoms with Gasteiger partial charge in [-0.05, 0) is 32.6 Å². The van der Waals surface area contributed by atoms with Gasteiger partial charge in [0.15, 0.2) is 5.78 Å². The Labute approximate surface area is 137 Å².